The molecule has 11 heteroatoms. The second kappa shape index (κ2) is 7.41. The van der Waals surface area contributed by atoms with Crippen LogP contribution in [-0.2, 0) is 11.3 Å². The molecule has 1 aliphatic rings. The van der Waals surface area contributed by atoms with Crippen molar-refractivity contribution in [2.24, 2.45) is 0 Å². The summed E-state index contributed by atoms with van der Waals surface area (Å²) in [6, 6.07) is 1.59. The normalized spacial score (nSPS) is 18.5. The van der Waals surface area contributed by atoms with Crippen LogP contribution in [-0.4, -0.2) is 53.0 Å². The third-order valence-electron chi connectivity index (χ3n) is 5.42. The maximum absolute atomic E-state index is 13.2. The van der Waals surface area contributed by atoms with E-state index in [0.717, 1.165) is 9.69 Å². The van der Waals surface area contributed by atoms with E-state index >= 15 is 0 Å². The molecule has 166 valence electrons. The van der Waals surface area contributed by atoms with E-state index in [0.29, 0.717) is 24.3 Å². The number of carbonyl (C=O) groups is 1. The van der Waals surface area contributed by atoms with Crippen molar-refractivity contribution in [3.8, 4) is 23.0 Å². The number of piperidine rings is 1. The lowest BCUT2D eigenvalue weighted by molar-refractivity contribution is -0.155. The van der Waals surface area contributed by atoms with Crippen molar-refractivity contribution in [3.63, 3.8) is 0 Å². The highest BCUT2D eigenvalue weighted by molar-refractivity contribution is 7.09. The molecule has 1 saturated heterocycles. The number of likely N-dealkylation sites (tertiary alicyclic amines) is 1. The number of aliphatic hydroxyl groups excluding tert-OH is 1. The van der Waals surface area contributed by atoms with Crippen molar-refractivity contribution in [2.45, 2.75) is 71.2 Å². The number of rotatable bonds is 4. The summed E-state index contributed by atoms with van der Waals surface area (Å²) in [5, 5.41) is 21.0. The number of hydrogen-bond acceptors (Lipinski definition) is 9. The van der Waals surface area contributed by atoms with Gasteiger partial charge >= 0.3 is 5.76 Å². The van der Waals surface area contributed by atoms with Crippen LogP contribution in [0.25, 0.3) is 23.0 Å². The molecule has 10 nitrogen and oxygen atoms in total. The van der Waals surface area contributed by atoms with Crippen LogP contribution in [0, 0.1) is 6.92 Å². The van der Waals surface area contributed by atoms with Crippen LogP contribution >= 0.6 is 11.3 Å². The highest BCUT2D eigenvalue weighted by atomic mass is 32.1. The third kappa shape index (κ3) is 4.07. The fraction of sp³-hybridized carbons (Fsp3) is 0.550. The molecule has 1 aliphatic heterocycles. The minimum absolute atomic E-state index is 0.0349. The summed E-state index contributed by atoms with van der Waals surface area (Å²) < 4.78 is 11.5. The van der Waals surface area contributed by atoms with Crippen LogP contribution in [0.2, 0.25) is 0 Å². The van der Waals surface area contributed by atoms with Gasteiger partial charge in [0.2, 0.25) is 5.91 Å². The molecule has 0 aliphatic carbocycles. The Bertz CT molecular complexity index is 1150. The van der Waals surface area contributed by atoms with Gasteiger partial charge in [-0.25, -0.2) is 9.78 Å². The van der Waals surface area contributed by atoms with E-state index in [9.17, 15) is 14.7 Å². The molecule has 4 rings (SSSR count). The largest absolute Gasteiger partial charge is 0.437 e. The molecule has 0 aromatic carbocycles. The zero-order chi connectivity index (χ0) is 22.6. The molecule has 0 atom stereocenters. The molecule has 0 bridgehead atoms. The highest BCUT2D eigenvalue weighted by Crippen LogP contribution is 2.38. The molecule has 1 amide bonds. The minimum Gasteiger partial charge on any atom is -0.393 e. The standard InChI is InChI=1S/C20H25N5O5S/c1-11-21-14(10-31-11)15-6-13(23-30-15)17-22-24(18(28)29-17)9-16(27)25-19(2,3)7-12(26)8-20(25,4)5/h6,10,12,26H,7-9H2,1-5H3. The number of nitrogens with zero attached hydrogens (tertiary/aromatic N) is 5. The third-order valence-corrected chi connectivity index (χ3v) is 6.20. The van der Waals surface area contributed by atoms with Crippen LogP contribution in [0.5, 0.6) is 0 Å². The molecule has 3 aromatic heterocycles. The second-order valence-corrected chi connectivity index (χ2v) is 10.1. The van der Waals surface area contributed by atoms with Crippen LogP contribution < -0.4 is 5.76 Å². The van der Waals surface area contributed by atoms with Crippen LogP contribution in [0.15, 0.2) is 25.2 Å². The molecule has 0 saturated carbocycles. The van der Waals surface area contributed by atoms with Gasteiger partial charge in [0.25, 0.3) is 5.89 Å². The molecule has 31 heavy (non-hydrogen) atoms. The number of aromatic nitrogens is 4. The zero-order valence-electron chi connectivity index (χ0n) is 18.1. The fourth-order valence-electron chi connectivity index (χ4n) is 4.58. The highest BCUT2D eigenvalue weighted by Gasteiger charge is 2.47. The van der Waals surface area contributed by atoms with Gasteiger partial charge in [-0.15, -0.1) is 16.4 Å². The number of thiazole rings is 1. The first-order valence-electron chi connectivity index (χ1n) is 9.95. The number of carbonyl (C=O) groups excluding carboxylic acids is 1. The molecule has 1 fully saturated rings. The smallest absolute Gasteiger partial charge is 0.393 e. The Kier molecular flexibility index (Phi) is 5.13. The average molecular weight is 448 g/mol. The summed E-state index contributed by atoms with van der Waals surface area (Å²) in [4.78, 5) is 31.6. The maximum Gasteiger partial charge on any atom is 0.437 e. The maximum atomic E-state index is 13.2. The van der Waals surface area contributed by atoms with E-state index in [1.54, 1.807) is 11.0 Å². The van der Waals surface area contributed by atoms with Crippen molar-refractivity contribution in [1.82, 2.24) is 24.8 Å². The second-order valence-electron chi connectivity index (χ2n) is 9.08. The first-order chi connectivity index (χ1) is 14.5. The first kappa shape index (κ1) is 21.4. The monoisotopic (exact) mass is 447 g/mol. The minimum atomic E-state index is -0.759. The van der Waals surface area contributed by atoms with Gasteiger partial charge in [0.15, 0.2) is 11.5 Å². The summed E-state index contributed by atoms with van der Waals surface area (Å²) in [5.74, 6) is -0.636. The van der Waals surface area contributed by atoms with Gasteiger partial charge in [-0.3, -0.25) is 4.79 Å². The predicted octanol–water partition coefficient (Wildman–Crippen LogP) is 2.46. The van der Waals surface area contributed by atoms with Crippen LogP contribution in [0.1, 0.15) is 45.5 Å². The Morgan fingerprint density at radius 3 is 2.55 bits per heavy atom. The first-order valence-corrected chi connectivity index (χ1v) is 10.8. The topological polar surface area (TPSA) is 127 Å². The summed E-state index contributed by atoms with van der Waals surface area (Å²) >= 11 is 1.48. The molecule has 0 unspecified atom stereocenters. The van der Waals surface area contributed by atoms with Crippen molar-refractivity contribution < 1.29 is 18.8 Å². The number of hydrogen-bond donors (Lipinski definition) is 1. The van der Waals surface area contributed by atoms with Gasteiger partial charge in [0.05, 0.1) is 11.1 Å². The van der Waals surface area contributed by atoms with Crippen molar-refractivity contribution in [1.29, 1.82) is 0 Å². The van der Waals surface area contributed by atoms with E-state index in [1.165, 1.54) is 11.3 Å². The van der Waals surface area contributed by atoms with Gasteiger partial charge in [-0.1, -0.05) is 5.16 Å². The molecule has 0 spiro atoms. The molecule has 3 aromatic rings. The van der Waals surface area contributed by atoms with E-state index in [4.69, 9.17) is 8.94 Å². The van der Waals surface area contributed by atoms with E-state index in [1.807, 2.05) is 40.0 Å². The van der Waals surface area contributed by atoms with Crippen molar-refractivity contribution >= 4 is 17.2 Å². The fourth-order valence-corrected chi connectivity index (χ4v) is 5.19. The number of aryl methyl sites for hydroxylation is 1. The van der Waals surface area contributed by atoms with Gasteiger partial charge in [-0.05, 0) is 47.5 Å². The molecule has 4 heterocycles. The molecule has 1 N–H and O–H groups in total. The quantitative estimate of drug-likeness (QED) is 0.646. The van der Waals surface area contributed by atoms with Crippen LogP contribution in [0.3, 0.4) is 0 Å². The Morgan fingerprint density at radius 2 is 1.94 bits per heavy atom. The summed E-state index contributed by atoms with van der Waals surface area (Å²) in [6.07, 6.45) is 0.427. The lowest BCUT2D eigenvalue weighted by Gasteiger charge is -2.54. The predicted molar refractivity (Wildman–Crippen MR) is 112 cm³/mol. The van der Waals surface area contributed by atoms with Crippen molar-refractivity contribution in [2.75, 3.05) is 0 Å². The van der Waals surface area contributed by atoms with Gasteiger partial charge in [0.1, 0.15) is 12.2 Å². The van der Waals surface area contributed by atoms with E-state index in [-0.39, 0.29) is 24.0 Å². The Morgan fingerprint density at radius 1 is 1.26 bits per heavy atom. The number of amides is 1. The lowest BCUT2D eigenvalue weighted by atomic mass is 9.78. The Balaban J connectivity index is 1.57. The van der Waals surface area contributed by atoms with E-state index < -0.39 is 22.9 Å². The van der Waals surface area contributed by atoms with Gasteiger partial charge in [0, 0.05) is 22.5 Å². The summed E-state index contributed by atoms with van der Waals surface area (Å²) in [6.45, 7) is 9.23. The van der Waals surface area contributed by atoms with Gasteiger partial charge < -0.3 is 18.9 Å². The van der Waals surface area contributed by atoms with E-state index in [2.05, 4.69) is 15.2 Å². The Labute approximate surface area is 182 Å². The number of aliphatic hydroxyl groups is 1. The van der Waals surface area contributed by atoms with Crippen molar-refractivity contribution in [3.05, 3.63) is 27.0 Å². The molecular formula is C20H25N5O5S. The van der Waals surface area contributed by atoms with Gasteiger partial charge in [-0.2, -0.15) is 4.68 Å². The summed E-state index contributed by atoms with van der Waals surface area (Å²) in [7, 11) is 0. The van der Waals surface area contributed by atoms with Crippen LogP contribution in [0.4, 0.5) is 0 Å². The molecular weight excluding hydrogens is 422 g/mol. The average Bonchev–Trinajstić information content (AvgIpc) is 3.32. The molecule has 0 radical (unpaired) electrons. The SMILES string of the molecule is Cc1nc(-c2cc(-c3nn(CC(=O)N4C(C)(C)CC(O)CC4(C)C)c(=O)o3)no2)cs1. The zero-order valence-corrected chi connectivity index (χ0v) is 18.9. The Hall–Kier alpha value is -2.79. The lowest BCUT2D eigenvalue weighted by Crippen LogP contribution is -2.64. The summed E-state index contributed by atoms with van der Waals surface area (Å²) in [5.41, 5.74) is -0.261.